The Morgan fingerprint density at radius 3 is 2.19 bits per heavy atom. The molecule has 0 unspecified atom stereocenters. The molecule has 1 heterocycles. The van der Waals surface area contributed by atoms with Crippen LogP contribution in [0.15, 0.2) is 48.5 Å². The summed E-state index contributed by atoms with van der Waals surface area (Å²) in [4.78, 5) is 0. The number of benzene rings is 2. The molecule has 1 aromatic heterocycles. The minimum atomic E-state index is 0. The standard InChI is InChI=1S/C15H14N4.CH3.Y/c1-2-11-7-9-12(10-8-11)13-5-3-4-6-14(13)15-16-18-19-17-15;;/h3-10H,2H2,1H3,(H,16,17,18,19);1H3;/q;-1;. The first kappa shape index (κ1) is 17.7. The van der Waals surface area contributed by atoms with Gasteiger partial charge in [0, 0.05) is 38.3 Å². The Hall–Kier alpha value is -1.39. The second-order valence-corrected chi connectivity index (χ2v) is 4.33. The van der Waals surface area contributed by atoms with Crippen LogP contribution in [0, 0.1) is 7.43 Å². The predicted molar refractivity (Wildman–Crippen MR) is 80.8 cm³/mol. The molecule has 0 saturated heterocycles. The van der Waals surface area contributed by atoms with Crippen LogP contribution in [0.1, 0.15) is 12.5 Å². The number of tetrazole rings is 1. The maximum atomic E-state index is 4.06. The molecule has 0 fully saturated rings. The van der Waals surface area contributed by atoms with E-state index in [9.17, 15) is 0 Å². The fourth-order valence-electron chi connectivity index (χ4n) is 2.13. The Morgan fingerprint density at radius 1 is 0.952 bits per heavy atom. The van der Waals surface area contributed by atoms with Gasteiger partial charge in [0.1, 0.15) is 0 Å². The second-order valence-electron chi connectivity index (χ2n) is 4.33. The molecule has 3 rings (SSSR count). The molecule has 3 aromatic rings. The van der Waals surface area contributed by atoms with Gasteiger partial charge in [0.25, 0.3) is 0 Å². The molecule has 5 heteroatoms. The van der Waals surface area contributed by atoms with E-state index in [-0.39, 0.29) is 40.1 Å². The molecule has 0 spiro atoms. The average Bonchev–Trinajstić information content (AvgIpc) is 3.01. The smallest absolute Gasteiger partial charge is 0.205 e. The normalized spacial score (nSPS) is 9.57. The van der Waals surface area contributed by atoms with Gasteiger partial charge in [-0.15, -0.1) is 10.2 Å². The van der Waals surface area contributed by atoms with E-state index >= 15 is 0 Å². The number of nitrogens with one attached hydrogen (secondary N) is 1. The number of aromatic amines is 1. The summed E-state index contributed by atoms with van der Waals surface area (Å²) in [7, 11) is 0. The fourth-order valence-corrected chi connectivity index (χ4v) is 2.13. The minimum absolute atomic E-state index is 0. The van der Waals surface area contributed by atoms with Gasteiger partial charge in [-0.25, -0.2) is 0 Å². The van der Waals surface area contributed by atoms with E-state index in [1.54, 1.807) is 0 Å². The molecule has 1 radical (unpaired) electrons. The molecule has 4 nitrogen and oxygen atoms in total. The molecule has 21 heavy (non-hydrogen) atoms. The van der Waals surface area contributed by atoms with Crippen molar-refractivity contribution in [1.82, 2.24) is 20.6 Å². The maximum Gasteiger partial charge on any atom is 0.205 e. The van der Waals surface area contributed by atoms with E-state index in [4.69, 9.17) is 0 Å². The van der Waals surface area contributed by atoms with Crippen LogP contribution in [0.25, 0.3) is 22.5 Å². The van der Waals surface area contributed by atoms with Crippen LogP contribution in [0.4, 0.5) is 0 Å². The minimum Gasteiger partial charge on any atom is -0.358 e. The number of H-pyrrole nitrogens is 1. The van der Waals surface area contributed by atoms with Gasteiger partial charge < -0.3 is 7.43 Å². The van der Waals surface area contributed by atoms with Gasteiger partial charge in [-0.1, -0.05) is 55.5 Å². The van der Waals surface area contributed by atoms with E-state index in [1.165, 1.54) is 5.56 Å². The van der Waals surface area contributed by atoms with E-state index in [0.29, 0.717) is 5.82 Å². The van der Waals surface area contributed by atoms with Crippen LogP contribution in [-0.4, -0.2) is 20.6 Å². The summed E-state index contributed by atoms with van der Waals surface area (Å²) in [5, 5.41) is 14.2. The van der Waals surface area contributed by atoms with Crippen LogP contribution in [0.5, 0.6) is 0 Å². The monoisotopic (exact) mass is 354 g/mol. The third-order valence-electron chi connectivity index (χ3n) is 3.19. The molecule has 2 aromatic carbocycles. The van der Waals surface area contributed by atoms with Gasteiger partial charge in [-0.05, 0) is 28.3 Å². The predicted octanol–water partition coefficient (Wildman–Crippen LogP) is 3.54. The Bertz CT molecular complexity index is 663. The molecule has 0 aliphatic rings. The zero-order valence-corrected chi connectivity index (χ0v) is 15.1. The quantitative estimate of drug-likeness (QED) is 0.732. The number of nitrogens with zero attached hydrogens (tertiary/aromatic N) is 3. The van der Waals surface area contributed by atoms with Crippen molar-refractivity contribution >= 4 is 0 Å². The Balaban J connectivity index is 0.00000110. The van der Waals surface area contributed by atoms with Crippen molar-refractivity contribution in [2.24, 2.45) is 0 Å². The van der Waals surface area contributed by atoms with Gasteiger partial charge in [0.05, 0.1) is 0 Å². The second kappa shape index (κ2) is 8.15. The molecule has 0 bridgehead atoms. The largest absolute Gasteiger partial charge is 0.358 e. The third kappa shape index (κ3) is 3.83. The molecule has 105 valence electrons. The summed E-state index contributed by atoms with van der Waals surface area (Å²) < 4.78 is 0. The topological polar surface area (TPSA) is 54.5 Å². The van der Waals surface area contributed by atoms with E-state index < -0.39 is 0 Å². The van der Waals surface area contributed by atoms with E-state index in [0.717, 1.165) is 23.1 Å². The summed E-state index contributed by atoms with van der Waals surface area (Å²) in [5.41, 5.74) is 4.60. The fraction of sp³-hybridized carbons (Fsp3) is 0.125. The Labute approximate surface area is 150 Å². The van der Waals surface area contributed by atoms with Gasteiger partial charge in [0.2, 0.25) is 5.82 Å². The van der Waals surface area contributed by atoms with Crippen molar-refractivity contribution in [2.45, 2.75) is 13.3 Å². The van der Waals surface area contributed by atoms with Crippen molar-refractivity contribution in [1.29, 1.82) is 0 Å². The van der Waals surface area contributed by atoms with Crippen LogP contribution in [0.2, 0.25) is 0 Å². The summed E-state index contributed by atoms with van der Waals surface area (Å²) >= 11 is 0. The maximum absolute atomic E-state index is 4.06. The van der Waals surface area contributed by atoms with Crippen molar-refractivity contribution < 1.29 is 32.7 Å². The summed E-state index contributed by atoms with van der Waals surface area (Å²) in [6, 6.07) is 16.7. The first-order chi connectivity index (χ1) is 9.38. The van der Waals surface area contributed by atoms with Crippen molar-refractivity contribution in [3.8, 4) is 22.5 Å². The number of hydrogen-bond acceptors (Lipinski definition) is 3. The first-order valence-electron chi connectivity index (χ1n) is 6.30. The number of hydrogen-bond donors (Lipinski definition) is 1. The summed E-state index contributed by atoms with van der Waals surface area (Å²) in [6.45, 7) is 2.16. The summed E-state index contributed by atoms with van der Waals surface area (Å²) in [5.74, 6) is 0.621. The number of aryl methyl sites for hydroxylation is 1. The van der Waals surface area contributed by atoms with Crippen LogP contribution >= 0.6 is 0 Å². The van der Waals surface area contributed by atoms with Crippen LogP contribution < -0.4 is 0 Å². The zero-order valence-electron chi connectivity index (χ0n) is 12.2. The molecule has 1 N–H and O–H groups in total. The van der Waals surface area contributed by atoms with Gasteiger partial charge >= 0.3 is 0 Å². The molecule has 0 aliphatic carbocycles. The van der Waals surface area contributed by atoms with Crippen LogP contribution in [-0.2, 0) is 39.1 Å². The van der Waals surface area contributed by atoms with E-state index in [1.807, 2.05) is 18.2 Å². The van der Waals surface area contributed by atoms with Gasteiger partial charge in [-0.3, -0.25) is 0 Å². The van der Waals surface area contributed by atoms with Crippen molar-refractivity contribution in [3.63, 3.8) is 0 Å². The van der Waals surface area contributed by atoms with Crippen LogP contribution in [0.3, 0.4) is 0 Å². The van der Waals surface area contributed by atoms with Crippen molar-refractivity contribution in [2.75, 3.05) is 0 Å². The van der Waals surface area contributed by atoms with Gasteiger partial charge in [-0.2, -0.15) is 5.21 Å². The molecular weight excluding hydrogens is 337 g/mol. The molecule has 0 atom stereocenters. The summed E-state index contributed by atoms with van der Waals surface area (Å²) in [6.07, 6.45) is 1.05. The molecule has 0 amide bonds. The Morgan fingerprint density at radius 2 is 1.62 bits per heavy atom. The number of rotatable bonds is 3. The van der Waals surface area contributed by atoms with Crippen molar-refractivity contribution in [3.05, 3.63) is 61.5 Å². The van der Waals surface area contributed by atoms with E-state index in [2.05, 4.69) is 57.9 Å². The zero-order chi connectivity index (χ0) is 13.1. The average molecular weight is 354 g/mol. The number of aromatic nitrogens is 4. The SMILES string of the molecule is CCc1ccc(-c2ccccc2-c2nn[nH]n2)cc1.[CH3-].[Y]. The molecule has 0 saturated carbocycles. The molecular formula is C16H17N4Y-. The first-order valence-corrected chi connectivity index (χ1v) is 6.30. The Kier molecular flexibility index (Phi) is 6.86. The third-order valence-corrected chi connectivity index (χ3v) is 3.19. The van der Waals surface area contributed by atoms with Gasteiger partial charge in [0.15, 0.2) is 0 Å². The molecule has 0 aliphatic heterocycles.